The second kappa shape index (κ2) is 36.9. The fourth-order valence-electron chi connectivity index (χ4n) is 8.76. The average Bonchev–Trinajstić information content (AvgIpc) is 2.34. The van der Waals surface area contributed by atoms with E-state index in [-0.39, 0.29) is 0 Å². The number of aromatic nitrogens is 42. The highest BCUT2D eigenvalue weighted by molar-refractivity contribution is 5.45. The predicted octanol–water partition coefficient (Wildman–Crippen LogP) is 5.12. The van der Waals surface area contributed by atoms with Crippen LogP contribution < -0.4 is 0 Å². The van der Waals surface area contributed by atoms with Crippen LogP contribution in [0.5, 0.6) is 0 Å². The predicted molar refractivity (Wildman–Crippen MR) is 383 cm³/mol. The normalized spacial score (nSPS) is 10.2. The molecule has 0 saturated carbocycles. The summed E-state index contributed by atoms with van der Waals surface area (Å²) in [5.74, 6) is 2.71. The van der Waals surface area contributed by atoms with Crippen LogP contribution in [0.25, 0.3) is 68.0 Å². The lowest BCUT2D eigenvalue weighted by molar-refractivity contribution is 0.807. The summed E-state index contributed by atoms with van der Waals surface area (Å²) in [4.78, 5) is 70.8. The largest absolute Gasteiger partial charge is 0.304 e. The van der Waals surface area contributed by atoms with E-state index in [0.29, 0.717) is 17.3 Å². The molecule has 0 bridgehead atoms. The molecule has 24 rings (SSSR count). The SMILES string of the molecule is c1cc2ccnnn2c1.c1cc2cncnn2c1.c1cc2nccn2cn1.c1cc2nccn2nn1.c1cn2ccnc2cn1.c1cn2ccnc2nn1.c1cn2cncnc2n1.c1cn2cnncc2n1.c1cn2ncncc2n1.c1cnc2nccn2c1.c1cnn2ccnc2c1.c1cnn2ccnc2n1. The third-order valence-electron chi connectivity index (χ3n) is 13.7. The summed E-state index contributed by atoms with van der Waals surface area (Å²) in [6, 6.07) is 19.0. The molecule has 24 heterocycles. The second-order valence-electron chi connectivity index (χ2n) is 20.5. The van der Waals surface area contributed by atoms with Crippen LogP contribution in [0.4, 0.5) is 0 Å². The van der Waals surface area contributed by atoms with Crippen molar-refractivity contribution in [2.45, 2.75) is 0 Å². The van der Waals surface area contributed by atoms with Crippen molar-refractivity contribution in [3.63, 3.8) is 0 Å². The number of hydrogen-bond donors (Lipinski definition) is 0. The summed E-state index contributed by atoms with van der Waals surface area (Å²) in [5.41, 5.74) is 7.23. The highest BCUT2D eigenvalue weighted by Gasteiger charge is 1.96. The van der Waals surface area contributed by atoms with Gasteiger partial charge < -0.3 is 4.40 Å². The van der Waals surface area contributed by atoms with Crippen LogP contribution >= 0.6 is 0 Å². The van der Waals surface area contributed by atoms with Gasteiger partial charge in [-0.25, -0.2) is 112 Å². The van der Waals surface area contributed by atoms with E-state index in [0.717, 1.165) is 50.7 Å². The monoisotopic (exact) mass is 1430 g/mol. The van der Waals surface area contributed by atoms with E-state index in [1.165, 1.54) is 19.0 Å². The van der Waals surface area contributed by atoms with Gasteiger partial charge in [0.2, 0.25) is 11.6 Å². The molecule has 0 atom stereocenters. The zero-order valence-corrected chi connectivity index (χ0v) is 56.0. The molecule has 42 heteroatoms. The second-order valence-corrected chi connectivity index (χ2v) is 20.5. The van der Waals surface area contributed by atoms with Gasteiger partial charge in [-0.3, -0.25) is 27.0 Å². The molecule has 0 aliphatic heterocycles. The van der Waals surface area contributed by atoms with Crippen LogP contribution in [0.1, 0.15) is 0 Å². The molecule has 528 valence electrons. The Kier molecular flexibility index (Phi) is 23.8. The molecular formula is C66H54N42. The Morgan fingerprint density at radius 3 is 1.51 bits per heavy atom. The van der Waals surface area contributed by atoms with Crippen molar-refractivity contribution in [3.05, 3.63) is 334 Å². The lowest BCUT2D eigenvalue weighted by Crippen LogP contribution is -1.90. The minimum atomic E-state index is 0.637. The van der Waals surface area contributed by atoms with E-state index in [1.54, 1.807) is 239 Å². The van der Waals surface area contributed by atoms with Gasteiger partial charge in [-0.1, -0.05) is 10.4 Å². The molecule has 108 heavy (non-hydrogen) atoms. The topological polar surface area (TPSA) is 440 Å². The summed E-state index contributed by atoms with van der Waals surface area (Å²) in [7, 11) is 0. The molecule has 0 amide bonds. The van der Waals surface area contributed by atoms with E-state index in [1.807, 2.05) is 130 Å². The maximum Gasteiger partial charge on any atom is 0.253 e. The first-order valence-electron chi connectivity index (χ1n) is 31.6. The van der Waals surface area contributed by atoms with E-state index in [4.69, 9.17) is 0 Å². The van der Waals surface area contributed by atoms with E-state index in [2.05, 4.69) is 151 Å². The zero-order valence-electron chi connectivity index (χ0n) is 56.0. The maximum atomic E-state index is 4.04. The first kappa shape index (κ1) is 69.5. The van der Waals surface area contributed by atoms with Crippen LogP contribution in [0.15, 0.2) is 334 Å². The van der Waals surface area contributed by atoms with Gasteiger partial charge in [0.25, 0.3) is 11.6 Å². The molecule has 42 nitrogen and oxygen atoms in total. The van der Waals surface area contributed by atoms with Gasteiger partial charge in [0, 0.05) is 173 Å². The van der Waals surface area contributed by atoms with Crippen molar-refractivity contribution < 1.29 is 0 Å². The van der Waals surface area contributed by atoms with Gasteiger partial charge in [0.05, 0.1) is 79.2 Å². The number of rotatable bonds is 0. The molecule has 0 fully saturated rings. The molecule has 0 spiro atoms. The van der Waals surface area contributed by atoms with Crippen LogP contribution in [-0.2, 0) is 0 Å². The summed E-state index contributed by atoms with van der Waals surface area (Å²) < 4.78 is 21.1. The van der Waals surface area contributed by atoms with E-state index in [9.17, 15) is 0 Å². The summed E-state index contributed by atoms with van der Waals surface area (Å²) >= 11 is 0. The van der Waals surface area contributed by atoms with Crippen molar-refractivity contribution >= 4 is 68.0 Å². The van der Waals surface area contributed by atoms with Crippen molar-refractivity contribution in [1.82, 2.24) is 205 Å². The number of hydrogen-bond acceptors (Lipinski definition) is 30. The Morgan fingerprint density at radius 1 is 0.204 bits per heavy atom. The van der Waals surface area contributed by atoms with Gasteiger partial charge >= 0.3 is 0 Å². The molecular weight excluding hydrogens is 1380 g/mol. The average molecular weight is 1440 g/mol. The van der Waals surface area contributed by atoms with Gasteiger partial charge in [-0.15, -0.1) is 20.4 Å². The molecule has 0 radical (unpaired) electrons. The minimum Gasteiger partial charge on any atom is -0.304 e. The summed E-state index contributed by atoms with van der Waals surface area (Å²) in [6.45, 7) is 0. The first-order valence-corrected chi connectivity index (χ1v) is 31.6. The lowest BCUT2D eigenvalue weighted by Gasteiger charge is -1.86. The lowest BCUT2D eigenvalue weighted by atomic mass is 10.5. The van der Waals surface area contributed by atoms with Crippen molar-refractivity contribution in [3.8, 4) is 0 Å². The third-order valence-corrected chi connectivity index (χ3v) is 13.7. The summed E-state index contributed by atoms with van der Waals surface area (Å²) in [6.07, 6.45) is 75.8. The fourth-order valence-corrected chi connectivity index (χ4v) is 8.76. The molecule has 0 saturated heterocycles. The molecule has 24 aromatic rings. The molecule has 0 aliphatic carbocycles. The van der Waals surface area contributed by atoms with Crippen LogP contribution in [-0.4, -0.2) is 205 Å². The first-order chi connectivity index (χ1) is 53.6. The number of fused-ring (bicyclic) bond motifs is 12. The maximum absolute atomic E-state index is 4.04. The fraction of sp³-hybridized carbons (Fsp3) is 0. The molecule has 0 aliphatic rings. The van der Waals surface area contributed by atoms with Crippen LogP contribution in [0.3, 0.4) is 0 Å². The highest BCUT2D eigenvalue weighted by Crippen LogP contribution is 2.02. The van der Waals surface area contributed by atoms with Crippen LogP contribution in [0, 0.1) is 0 Å². The van der Waals surface area contributed by atoms with Crippen molar-refractivity contribution in [2.75, 3.05) is 0 Å². The standard InChI is InChI=1S/6C6H5N3.6C5H4N4/c1-3-9-4-2-8-6(9)5-7-1;1-2-7-5-9-4-3-8-6(1)9;1-2-6-3-4-7-8-9(6)5-1;1-2-7-6-8-3-5-9(6)4-1;1-2-6-4-7-5-8-9(6)3-1;1-2-6-7-4-5-9(6)8-3-1;1-3-9-4-2-7-8-5(9)6-1;1-2-9-4-6-3-8-5(9)7-1;1-2-9-5(7-1)3-6-4-8-9;1-2-9-4-8-7-3-5(9)6-1;1-2-8-9-4-3-7-5(9)6-1;1-2-7-8-9-4-3-6-5(1)9/h6*1-5H;6*1-4H. The van der Waals surface area contributed by atoms with Gasteiger partial charge in [-0.2, -0.15) is 30.6 Å². The Balaban J connectivity index is 0.000000104. The molecule has 0 unspecified atom stereocenters. The quantitative estimate of drug-likeness (QED) is 0.190. The molecule has 24 aromatic heterocycles. The van der Waals surface area contributed by atoms with Gasteiger partial charge in [-0.05, 0) is 54.6 Å². The Morgan fingerprint density at radius 2 is 0.759 bits per heavy atom. The minimum absolute atomic E-state index is 0.637. The van der Waals surface area contributed by atoms with Gasteiger partial charge in [0.15, 0.2) is 28.2 Å². The summed E-state index contributed by atoms with van der Waals surface area (Å²) in [5, 5.41) is 45.4. The molecule has 0 aromatic carbocycles. The van der Waals surface area contributed by atoms with Gasteiger partial charge in [0.1, 0.15) is 43.6 Å². The smallest absolute Gasteiger partial charge is 0.253 e. The zero-order chi connectivity index (χ0) is 73.3. The number of imidazole rings is 10. The highest BCUT2D eigenvalue weighted by atomic mass is 15.4. The van der Waals surface area contributed by atoms with E-state index < -0.39 is 0 Å². The van der Waals surface area contributed by atoms with Crippen molar-refractivity contribution in [2.24, 2.45) is 0 Å². The molecule has 0 N–H and O–H groups in total. The Hall–Kier alpha value is -17.0. The van der Waals surface area contributed by atoms with Crippen LogP contribution in [0.2, 0.25) is 0 Å². The Bertz CT molecular complexity index is 4810. The van der Waals surface area contributed by atoms with E-state index >= 15 is 0 Å². The number of nitrogens with zero attached hydrogens (tertiary/aromatic N) is 42. The third kappa shape index (κ3) is 19.7. The van der Waals surface area contributed by atoms with Crippen molar-refractivity contribution in [1.29, 1.82) is 0 Å². The Labute approximate surface area is 604 Å².